The summed E-state index contributed by atoms with van der Waals surface area (Å²) in [4.78, 5) is 22.4. The molecule has 3 aromatic carbocycles. The highest BCUT2D eigenvalue weighted by atomic mass is 16.6. The summed E-state index contributed by atoms with van der Waals surface area (Å²) >= 11 is 0. The molecule has 0 unspecified atom stereocenters. The van der Waals surface area contributed by atoms with Crippen LogP contribution >= 0.6 is 0 Å². The third-order valence-corrected chi connectivity index (χ3v) is 3.92. The van der Waals surface area contributed by atoms with Gasteiger partial charge in [-0.3, -0.25) is 14.9 Å². The average Bonchev–Trinajstić information content (AvgIpc) is 2.65. The number of fused-ring (bicyclic) bond motifs is 1. The lowest BCUT2D eigenvalue weighted by atomic mass is 10.1. The first-order chi connectivity index (χ1) is 12.5. The number of aromatic hydroxyl groups is 1. The molecule has 3 rings (SSSR count). The van der Waals surface area contributed by atoms with E-state index in [1.165, 1.54) is 18.2 Å². The van der Waals surface area contributed by atoms with E-state index in [-0.39, 0.29) is 17.3 Å². The number of nitrogens with one attached hydrogen (secondary N) is 2. The van der Waals surface area contributed by atoms with Crippen LogP contribution in [0.2, 0.25) is 0 Å². The van der Waals surface area contributed by atoms with E-state index in [4.69, 9.17) is 0 Å². The minimum atomic E-state index is -0.455. The highest BCUT2D eigenvalue weighted by Crippen LogP contribution is 2.26. The van der Waals surface area contributed by atoms with Gasteiger partial charge in [-0.25, -0.2) is 0 Å². The van der Waals surface area contributed by atoms with Crippen molar-refractivity contribution in [1.82, 2.24) is 5.32 Å². The molecule has 0 radical (unpaired) electrons. The molecule has 0 spiro atoms. The zero-order valence-corrected chi connectivity index (χ0v) is 13.8. The number of nitro groups is 1. The summed E-state index contributed by atoms with van der Waals surface area (Å²) < 4.78 is 0. The summed E-state index contributed by atoms with van der Waals surface area (Å²) in [5.74, 6) is -0.214. The molecular weight excluding hydrogens is 334 g/mol. The van der Waals surface area contributed by atoms with Crippen LogP contribution in [0.4, 0.5) is 11.4 Å². The number of phenols is 1. The molecule has 26 heavy (non-hydrogen) atoms. The summed E-state index contributed by atoms with van der Waals surface area (Å²) in [7, 11) is 0. The molecule has 132 valence electrons. The van der Waals surface area contributed by atoms with E-state index in [1.807, 2.05) is 18.2 Å². The Kier molecular flexibility index (Phi) is 4.98. The first-order valence-corrected chi connectivity index (χ1v) is 8.03. The van der Waals surface area contributed by atoms with Crippen molar-refractivity contribution in [1.29, 1.82) is 0 Å². The number of non-ortho nitro benzene ring substituents is 1. The lowest BCUT2D eigenvalue weighted by Crippen LogP contribution is -2.28. The van der Waals surface area contributed by atoms with E-state index in [0.717, 1.165) is 11.1 Å². The van der Waals surface area contributed by atoms with E-state index >= 15 is 0 Å². The largest absolute Gasteiger partial charge is 0.507 e. The van der Waals surface area contributed by atoms with Gasteiger partial charge in [-0.2, -0.15) is 0 Å². The number of hydrogen-bond acceptors (Lipinski definition) is 5. The topological polar surface area (TPSA) is 104 Å². The standard InChI is InChI=1S/C19H17N3O4/c23-18-12-14(11-13-3-1-2-4-17(13)18)19(24)21-10-9-20-15-5-7-16(8-6-15)22(25)26/h1-8,11-12,20,23H,9-10H2,(H,21,24). The number of amides is 1. The highest BCUT2D eigenvalue weighted by molar-refractivity contribution is 6.00. The molecule has 0 aromatic heterocycles. The fourth-order valence-corrected chi connectivity index (χ4v) is 2.61. The summed E-state index contributed by atoms with van der Waals surface area (Å²) in [6, 6.07) is 16.5. The smallest absolute Gasteiger partial charge is 0.269 e. The summed E-state index contributed by atoms with van der Waals surface area (Å²) in [6.07, 6.45) is 0. The molecule has 0 saturated heterocycles. The molecule has 0 aliphatic heterocycles. The Balaban J connectivity index is 1.55. The molecular formula is C19H17N3O4. The SMILES string of the molecule is O=C(NCCNc1ccc([N+](=O)[O-])cc1)c1cc(O)c2ccccc2c1. The number of benzene rings is 3. The fraction of sp³-hybridized carbons (Fsp3) is 0.105. The van der Waals surface area contributed by atoms with Gasteiger partial charge in [-0.15, -0.1) is 0 Å². The summed E-state index contributed by atoms with van der Waals surface area (Å²) in [6.45, 7) is 0.826. The van der Waals surface area contributed by atoms with Crippen molar-refractivity contribution in [3.63, 3.8) is 0 Å². The maximum atomic E-state index is 12.2. The molecule has 7 nitrogen and oxygen atoms in total. The molecule has 0 bridgehead atoms. The summed E-state index contributed by atoms with van der Waals surface area (Å²) in [5, 5.41) is 28.0. The lowest BCUT2D eigenvalue weighted by Gasteiger charge is -2.09. The maximum Gasteiger partial charge on any atom is 0.269 e. The zero-order valence-electron chi connectivity index (χ0n) is 13.8. The Hall–Kier alpha value is -3.61. The number of rotatable bonds is 6. The minimum Gasteiger partial charge on any atom is -0.507 e. The van der Waals surface area contributed by atoms with Crippen LogP contribution in [-0.4, -0.2) is 29.0 Å². The molecule has 0 atom stereocenters. The van der Waals surface area contributed by atoms with Crippen molar-refractivity contribution in [3.8, 4) is 5.75 Å². The van der Waals surface area contributed by atoms with Gasteiger partial charge < -0.3 is 15.7 Å². The van der Waals surface area contributed by atoms with Crippen LogP contribution < -0.4 is 10.6 Å². The third kappa shape index (κ3) is 3.89. The van der Waals surface area contributed by atoms with Crippen LogP contribution in [-0.2, 0) is 0 Å². The normalized spacial score (nSPS) is 10.5. The predicted molar refractivity (Wildman–Crippen MR) is 99.5 cm³/mol. The van der Waals surface area contributed by atoms with Gasteiger partial charge in [0.15, 0.2) is 0 Å². The van der Waals surface area contributed by atoms with Gasteiger partial charge in [0.1, 0.15) is 5.75 Å². The van der Waals surface area contributed by atoms with E-state index in [2.05, 4.69) is 10.6 Å². The summed E-state index contributed by atoms with van der Waals surface area (Å²) in [5.41, 5.74) is 1.14. The Bertz CT molecular complexity index is 955. The Labute approximate surface area is 149 Å². The molecule has 3 N–H and O–H groups in total. The average molecular weight is 351 g/mol. The number of anilines is 1. The molecule has 3 aromatic rings. The maximum absolute atomic E-state index is 12.2. The van der Waals surface area contributed by atoms with Crippen LogP contribution in [0, 0.1) is 10.1 Å². The van der Waals surface area contributed by atoms with Crippen LogP contribution in [0.25, 0.3) is 10.8 Å². The Morgan fingerprint density at radius 2 is 1.77 bits per heavy atom. The van der Waals surface area contributed by atoms with Gasteiger partial charge >= 0.3 is 0 Å². The number of nitro benzene ring substituents is 1. The van der Waals surface area contributed by atoms with Crippen molar-refractivity contribution < 1.29 is 14.8 Å². The number of carbonyl (C=O) groups excluding carboxylic acids is 1. The molecule has 7 heteroatoms. The second-order valence-corrected chi connectivity index (χ2v) is 5.70. The Morgan fingerprint density at radius 1 is 1.04 bits per heavy atom. The highest BCUT2D eigenvalue weighted by Gasteiger charge is 2.09. The fourth-order valence-electron chi connectivity index (χ4n) is 2.61. The lowest BCUT2D eigenvalue weighted by molar-refractivity contribution is -0.384. The van der Waals surface area contributed by atoms with Gasteiger partial charge in [0.05, 0.1) is 4.92 Å². The van der Waals surface area contributed by atoms with E-state index in [9.17, 15) is 20.0 Å². The second-order valence-electron chi connectivity index (χ2n) is 5.70. The van der Waals surface area contributed by atoms with Crippen LogP contribution in [0.3, 0.4) is 0 Å². The molecule has 1 amide bonds. The molecule has 0 heterocycles. The first-order valence-electron chi connectivity index (χ1n) is 8.03. The van der Waals surface area contributed by atoms with E-state index < -0.39 is 4.92 Å². The van der Waals surface area contributed by atoms with Crippen molar-refractivity contribution in [2.45, 2.75) is 0 Å². The Morgan fingerprint density at radius 3 is 2.50 bits per heavy atom. The third-order valence-electron chi connectivity index (χ3n) is 3.92. The van der Waals surface area contributed by atoms with E-state index in [0.29, 0.717) is 24.0 Å². The zero-order chi connectivity index (χ0) is 18.5. The number of carbonyl (C=O) groups is 1. The quantitative estimate of drug-likeness (QED) is 0.359. The molecule has 0 aliphatic rings. The second kappa shape index (κ2) is 7.52. The van der Waals surface area contributed by atoms with Crippen molar-refractivity contribution in [2.24, 2.45) is 0 Å². The van der Waals surface area contributed by atoms with Crippen molar-refractivity contribution in [3.05, 3.63) is 76.3 Å². The number of hydrogen-bond donors (Lipinski definition) is 3. The van der Waals surface area contributed by atoms with Gasteiger partial charge in [-0.1, -0.05) is 24.3 Å². The molecule has 0 aliphatic carbocycles. The monoisotopic (exact) mass is 351 g/mol. The van der Waals surface area contributed by atoms with Crippen LogP contribution in [0.5, 0.6) is 5.75 Å². The molecule has 0 fully saturated rings. The van der Waals surface area contributed by atoms with Crippen LogP contribution in [0.15, 0.2) is 60.7 Å². The van der Waals surface area contributed by atoms with Gasteiger partial charge in [0.2, 0.25) is 0 Å². The minimum absolute atomic E-state index is 0.0277. The number of nitrogens with zero attached hydrogens (tertiary/aromatic N) is 1. The van der Waals surface area contributed by atoms with Gasteiger partial charge in [0, 0.05) is 41.9 Å². The van der Waals surface area contributed by atoms with E-state index in [1.54, 1.807) is 24.3 Å². The van der Waals surface area contributed by atoms with Gasteiger partial charge in [0.25, 0.3) is 11.6 Å². The van der Waals surface area contributed by atoms with Gasteiger partial charge in [-0.05, 0) is 29.7 Å². The predicted octanol–water partition coefficient (Wildman–Crippen LogP) is 3.30. The van der Waals surface area contributed by atoms with Crippen molar-refractivity contribution >= 4 is 28.1 Å². The van der Waals surface area contributed by atoms with Crippen LogP contribution in [0.1, 0.15) is 10.4 Å². The first kappa shape index (κ1) is 17.2. The van der Waals surface area contributed by atoms with Crippen molar-refractivity contribution in [2.75, 3.05) is 18.4 Å². The molecule has 0 saturated carbocycles. The number of phenolic OH excluding ortho intramolecular Hbond substituents is 1.